The Bertz CT molecular complexity index is 3090. The molecule has 6 aliphatic carbocycles. The minimum absolute atomic E-state index is 0.00649. The Balaban J connectivity index is 0.000000147. The lowest BCUT2D eigenvalue weighted by atomic mass is 9.95. The fourth-order valence-electron chi connectivity index (χ4n) is 11.5. The van der Waals surface area contributed by atoms with Crippen LogP contribution in [0.2, 0.25) is 0 Å². The monoisotopic (exact) mass is 962 g/mol. The van der Waals surface area contributed by atoms with E-state index in [0.717, 1.165) is 121 Å². The predicted molar refractivity (Wildman–Crippen MR) is 270 cm³/mol. The second kappa shape index (κ2) is 18.9. The molecule has 2 aliphatic heterocycles. The van der Waals surface area contributed by atoms with E-state index in [1.165, 1.54) is 25.0 Å². The molecule has 5 heterocycles. The molecule has 8 aliphatic rings. The van der Waals surface area contributed by atoms with Gasteiger partial charge in [-0.2, -0.15) is 15.8 Å². The van der Waals surface area contributed by atoms with Crippen LogP contribution >= 0.6 is 0 Å². The van der Waals surface area contributed by atoms with Crippen molar-refractivity contribution in [1.29, 1.82) is 15.8 Å². The number of hydrogen-bond acceptors (Lipinski definition) is 11. The van der Waals surface area contributed by atoms with E-state index in [2.05, 4.69) is 48.9 Å². The second-order valence-corrected chi connectivity index (χ2v) is 21.4. The topological polar surface area (TPSA) is 166 Å². The standard InChI is InChI=1S/C30H28N6O.C28H31FN4O2/c31-15-21-14-25(23-2-1-3-26-24(23)11-10-22(16-32)33-26)28(19-6-7-19)34-29(21)35-12-13-36(30(37)20-8-9-20)27(17-35)18-4-5-18;1-2-35-25-14-23(25)28(34)33-12-11-32(16-24(33)18-3-4-18)27-20(15-30)13-22(26(31-27)19-5-6-19)17-7-9-21(29)10-8-17/h1-3,10-11,14,18-20,27H,4-9,12-13,17H2;7-10,13,18-19,23-25H,2-6,11-12,14,16H2,1H3. The first-order valence-corrected chi connectivity index (χ1v) is 26.4. The summed E-state index contributed by atoms with van der Waals surface area (Å²) in [6.45, 7) is 6.83. The molecule has 0 radical (unpaired) electrons. The predicted octanol–water partition coefficient (Wildman–Crippen LogP) is 9.24. The van der Waals surface area contributed by atoms with Gasteiger partial charge >= 0.3 is 0 Å². The first-order chi connectivity index (χ1) is 35.2. The molecule has 0 bridgehead atoms. The van der Waals surface area contributed by atoms with Crippen LogP contribution in [-0.2, 0) is 14.3 Å². The van der Waals surface area contributed by atoms with Gasteiger partial charge < -0.3 is 24.3 Å². The largest absolute Gasteiger partial charge is 0.378 e. The van der Waals surface area contributed by atoms with Crippen LogP contribution < -0.4 is 9.80 Å². The molecular formula is C58H59FN10O3. The van der Waals surface area contributed by atoms with Gasteiger partial charge in [-0.3, -0.25) is 9.59 Å². The third kappa shape index (κ3) is 9.24. The number of anilines is 2. The first-order valence-electron chi connectivity index (χ1n) is 26.4. The smallest absolute Gasteiger partial charge is 0.228 e. The number of ether oxygens (including phenoxy) is 1. The fourth-order valence-corrected chi connectivity index (χ4v) is 11.5. The van der Waals surface area contributed by atoms with Crippen LogP contribution in [0.1, 0.15) is 118 Å². The van der Waals surface area contributed by atoms with Crippen molar-refractivity contribution in [2.75, 3.05) is 55.7 Å². The van der Waals surface area contributed by atoms with Crippen molar-refractivity contribution in [2.24, 2.45) is 23.7 Å². The Morgan fingerprint density at radius 1 is 0.653 bits per heavy atom. The zero-order valence-corrected chi connectivity index (χ0v) is 40.8. The molecule has 8 fully saturated rings. The van der Waals surface area contributed by atoms with Crippen LogP contribution in [0.4, 0.5) is 16.0 Å². The highest BCUT2D eigenvalue weighted by molar-refractivity contribution is 5.96. The molecule has 13 nitrogen and oxygen atoms in total. The zero-order valence-electron chi connectivity index (χ0n) is 40.8. The summed E-state index contributed by atoms with van der Waals surface area (Å²) >= 11 is 0. The van der Waals surface area contributed by atoms with E-state index in [1.54, 1.807) is 18.2 Å². The van der Waals surface area contributed by atoms with Crippen LogP contribution in [0.25, 0.3) is 33.2 Å². The van der Waals surface area contributed by atoms with Crippen molar-refractivity contribution >= 4 is 34.4 Å². The van der Waals surface area contributed by atoms with Gasteiger partial charge in [-0.05, 0) is 143 Å². The number of amides is 2. The summed E-state index contributed by atoms with van der Waals surface area (Å²) in [5, 5.41) is 30.5. The van der Waals surface area contributed by atoms with Gasteiger partial charge in [-0.15, -0.1) is 0 Å². The lowest BCUT2D eigenvalue weighted by molar-refractivity contribution is -0.137. The van der Waals surface area contributed by atoms with Gasteiger partial charge in [0.15, 0.2) is 0 Å². The number of carbonyl (C=O) groups excluding carboxylic acids is 2. The van der Waals surface area contributed by atoms with Crippen molar-refractivity contribution in [3.05, 3.63) is 101 Å². The third-order valence-electron chi connectivity index (χ3n) is 16.2. The van der Waals surface area contributed by atoms with Gasteiger partial charge in [0.25, 0.3) is 0 Å². The number of halogens is 1. The number of nitriles is 3. The maximum atomic E-state index is 13.5. The second-order valence-electron chi connectivity index (χ2n) is 21.4. The molecule has 2 aromatic carbocycles. The zero-order chi connectivity index (χ0) is 49.2. The van der Waals surface area contributed by atoms with Crippen LogP contribution in [-0.4, -0.2) is 101 Å². The maximum Gasteiger partial charge on any atom is 0.228 e. The number of rotatable bonds is 12. The highest BCUT2D eigenvalue weighted by Gasteiger charge is 2.51. The summed E-state index contributed by atoms with van der Waals surface area (Å²) in [4.78, 5) is 49.7. The van der Waals surface area contributed by atoms with E-state index in [0.29, 0.717) is 85.7 Å². The molecular weight excluding hydrogens is 904 g/mol. The Labute approximate surface area is 420 Å². The van der Waals surface area contributed by atoms with Crippen LogP contribution in [0.3, 0.4) is 0 Å². The first kappa shape index (κ1) is 46.1. The minimum Gasteiger partial charge on any atom is -0.378 e. The number of aromatic nitrogens is 3. The van der Waals surface area contributed by atoms with Gasteiger partial charge in [0.2, 0.25) is 11.8 Å². The summed E-state index contributed by atoms with van der Waals surface area (Å²) in [6.07, 6.45) is 12.0. The van der Waals surface area contributed by atoms with Gasteiger partial charge in [-0.1, -0.05) is 24.3 Å². The number of benzene rings is 2. The minimum atomic E-state index is -0.274. The fraction of sp³-hybridized carbons (Fsp3) is 0.483. The molecule has 2 saturated heterocycles. The van der Waals surface area contributed by atoms with E-state index in [1.807, 2.05) is 37.3 Å². The normalized spacial score (nSPS) is 23.7. The van der Waals surface area contributed by atoms with E-state index >= 15 is 0 Å². The molecule has 0 N–H and O–H groups in total. The van der Waals surface area contributed by atoms with Crippen LogP contribution in [0.15, 0.2) is 66.7 Å². The molecule has 366 valence electrons. The Kier molecular flexibility index (Phi) is 12.1. The van der Waals surface area contributed by atoms with Gasteiger partial charge in [0, 0.05) is 80.1 Å². The molecule has 5 aromatic rings. The molecule has 13 rings (SSSR count). The lowest BCUT2D eigenvalue weighted by Crippen LogP contribution is -2.57. The maximum absolute atomic E-state index is 13.5. The van der Waals surface area contributed by atoms with Crippen molar-refractivity contribution in [1.82, 2.24) is 24.8 Å². The quantitative estimate of drug-likeness (QED) is 0.117. The van der Waals surface area contributed by atoms with Crippen molar-refractivity contribution < 1.29 is 18.7 Å². The van der Waals surface area contributed by atoms with E-state index < -0.39 is 0 Å². The van der Waals surface area contributed by atoms with Gasteiger partial charge in [0.05, 0.1) is 52.1 Å². The molecule has 4 atom stereocenters. The number of nitrogens with zero attached hydrogens (tertiary/aromatic N) is 10. The highest BCUT2D eigenvalue weighted by atomic mass is 19.1. The lowest BCUT2D eigenvalue weighted by Gasteiger charge is -2.43. The summed E-state index contributed by atoms with van der Waals surface area (Å²) in [5.41, 5.74) is 8.14. The average Bonchev–Trinajstić information content (AvgIpc) is 4.21. The number of hydrogen-bond donors (Lipinski definition) is 0. The number of pyridine rings is 3. The summed E-state index contributed by atoms with van der Waals surface area (Å²) in [5.74, 6) is 3.91. The number of fused-ring (bicyclic) bond motifs is 1. The van der Waals surface area contributed by atoms with Gasteiger partial charge in [-0.25, -0.2) is 19.3 Å². The van der Waals surface area contributed by atoms with E-state index in [-0.39, 0.29) is 41.7 Å². The number of piperazine rings is 2. The molecule has 6 saturated carbocycles. The van der Waals surface area contributed by atoms with Crippen LogP contribution in [0, 0.1) is 63.5 Å². The third-order valence-corrected chi connectivity index (χ3v) is 16.2. The molecule has 3 aromatic heterocycles. The molecule has 0 spiro atoms. The Hall–Kier alpha value is -6.95. The van der Waals surface area contributed by atoms with E-state index in [9.17, 15) is 29.8 Å². The SMILES string of the molecule is CCOC1CC1C(=O)N1CCN(c2nc(C3CC3)c(-c3ccc(F)cc3)cc2C#N)CC1C1CC1.N#Cc1ccc2c(-c3cc(C#N)c(N4CCN(C(=O)C5CC5)C(C5CC5)C4)nc3C3CC3)cccc2n1. The summed E-state index contributed by atoms with van der Waals surface area (Å²) in [6, 6.07) is 27.3. The summed E-state index contributed by atoms with van der Waals surface area (Å²) in [7, 11) is 0. The summed E-state index contributed by atoms with van der Waals surface area (Å²) < 4.78 is 19.2. The molecule has 72 heavy (non-hydrogen) atoms. The van der Waals surface area contributed by atoms with E-state index in [4.69, 9.17) is 14.7 Å². The van der Waals surface area contributed by atoms with Crippen molar-refractivity contribution in [3.8, 4) is 40.5 Å². The molecule has 4 unspecified atom stereocenters. The Morgan fingerprint density at radius 3 is 1.78 bits per heavy atom. The molecule has 14 heteroatoms. The van der Waals surface area contributed by atoms with Crippen molar-refractivity contribution in [2.45, 2.75) is 108 Å². The highest BCUT2D eigenvalue weighted by Crippen LogP contribution is 2.49. The Morgan fingerprint density at radius 2 is 1.24 bits per heavy atom. The van der Waals surface area contributed by atoms with Gasteiger partial charge in [0.1, 0.15) is 41.4 Å². The number of carbonyl (C=O) groups is 2. The van der Waals surface area contributed by atoms with Crippen molar-refractivity contribution in [3.63, 3.8) is 0 Å². The van der Waals surface area contributed by atoms with Crippen LogP contribution in [0.5, 0.6) is 0 Å². The molecule has 2 amide bonds. The average molecular weight is 963 g/mol.